The number of allylic oxidation sites excluding steroid dienone is 3. The van der Waals surface area contributed by atoms with Crippen LogP contribution in [-0.2, 0) is 0 Å². The van der Waals surface area contributed by atoms with Crippen LogP contribution >= 0.6 is 11.6 Å². The SMILES string of the molecule is CC(C)CCC[C@@H](C)[C@H]1CCC2C(=C/C=C3/C[C@@H](O)C[C@@H](O)/C3=C/Cl)CCC[C@@]21C. The lowest BCUT2D eigenvalue weighted by Crippen LogP contribution is -2.36. The second kappa shape index (κ2) is 10.4. The predicted molar refractivity (Wildman–Crippen MR) is 127 cm³/mol. The summed E-state index contributed by atoms with van der Waals surface area (Å²) in [6.45, 7) is 9.73. The van der Waals surface area contributed by atoms with E-state index in [0.717, 1.165) is 28.9 Å². The Labute approximate surface area is 189 Å². The number of fused-ring (bicyclic) bond motifs is 1. The summed E-state index contributed by atoms with van der Waals surface area (Å²) in [6, 6.07) is 0. The van der Waals surface area contributed by atoms with E-state index in [1.54, 1.807) is 5.57 Å². The molecule has 0 spiro atoms. The molecule has 170 valence electrons. The van der Waals surface area contributed by atoms with Gasteiger partial charge in [0, 0.05) is 12.0 Å². The third-order valence-corrected chi connectivity index (χ3v) is 8.70. The summed E-state index contributed by atoms with van der Waals surface area (Å²) in [5.41, 5.74) is 5.28. The molecule has 2 N–H and O–H groups in total. The van der Waals surface area contributed by atoms with Crippen LogP contribution in [0.2, 0.25) is 0 Å². The first-order valence-corrected chi connectivity index (χ1v) is 12.8. The van der Waals surface area contributed by atoms with Crippen LogP contribution in [0.4, 0.5) is 0 Å². The molecule has 1 unspecified atom stereocenters. The lowest BCUT2D eigenvalue weighted by molar-refractivity contribution is 0.0860. The Balaban J connectivity index is 1.74. The zero-order valence-electron chi connectivity index (χ0n) is 19.5. The topological polar surface area (TPSA) is 40.5 Å². The molecular formula is C27H43ClO2. The third-order valence-electron chi connectivity index (χ3n) is 8.46. The van der Waals surface area contributed by atoms with Gasteiger partial charge in [0.05, 0.1) is 12.2 Å². The first-order valence-electron chi connectivity index (χ1n) is 12.3. The van der Waals surface area contributed by atoms with Crippen molar-refractivity contribution in [1.82, 2.24) is 0 Å². The van der Waals surface area contributed by atoms with E-state index in [9.17, 15) is 10.2 Å². The van der Waals surface area contributed by atoms with E-state index in [1.807, 2.05) is 0 Å². The summed E-state index contributed by atoms with van der Waals surface area (Å²) >= 11 is 6.00. The maximum absolute atomic E-state index is 10.3. The highest BCUT2D eigenvalue weighted by Gasteiger charge is 2.50. The molecule has 6 atom stereocenters. The molecule has 0 aromatic rings. The molecule has 3 saturated carbocycles. The van der Waals surface area contributed by atoms with Gasteiger partial charge in [-0.15, -0.1) is 0 Å². The van der Waals surface area contributed by atoms with Gasteiger partial charge in [-0.05, 0) is 78.8 Å². The molecule has 3 heteroatoms. The van der Waals surface area contributed by atoms with Gasteiger partial charge in [0.25, 0.3) is 0 Å². The first kappa shape index (κ1) is 24.1. The van der Waals surface area contributed by atoms with Crippen LogP contribution in [-0.4, -0.2) is 22.4 Å². The zero-order valence-corrected chi connectivity index (χ0v) is 20.3. The quantitative estimate of drug-likeness (QED) is 0.465. The summed E-state index contributed by atoms with van der Waals surface area (Å²) in [5, 5.41) is 20.4. The van der Waals surface area contributed by atoms with Gasteiger partial charge in [-0.25, -0.2) is 0 Å². The normalized spacial score (nSPS) is 39.8. The number of aliphatic hydroxyl groups is 2. The predicted octanol–water partition coefficient (Wildman–Crippen LogP) is 7.16. The number of hydrogen-bond acceptors (Lipinski definition) is 2. The second-order valence-corrected chi connectivity index (χ2v) is 11.2. The Morgan fingerprint density at radius 3 is 2.60 bits per heavy atom. The standard InChI is InChI=1S/C27H43ClO2/c1-18(2)7-5-8-19(3)24-12-13-25-20(9-6-14-27(24,25)4)10-11-21-15-22(29)16-26(30)23(21)17-28/h10-11,17-19,22,24-26,29-30H,5-9,12-16H2,1-4H3/b20-10?,21-11-,23-17+/t19-,22-,24-,25?,26-,27-/m1/s1. The number of aliphatic hydroxyl groups excluding tert-OH is 2. The van der Waals surface area contributed by atoms with Crippen LogP contribution < -0.4 is 0 Å². The minimum absolute atomic E-state index is 0.379. The molecule has 3 aliphatic carbocycles. The van der Waals surface area contributed by atoms with Crippen molar-refractivity contribution >= 4 is 11.6 Å². The summed E-state index contributed by atoms with van der Waals surface area (Å²) in [4.78, 5) is 0. The highest BCUT2D eigenvalue weighted by Crippen LogP contribution is 2.60. The Bertz CT molecular complexity index is 676. The second-order valence-electron chi connectivity index (χ2n) is 11.0. The van der Waals surface area contributed by atoms with E-state index in [2.05, 4.69) is 39.8 Å². The molecule has 2 nitrogen and oxygen atoms in total. The van der Waals surface area contributed by atoms with Crippen LogP contribution in [0.1, 0.15) is 91.9 Å². The van der Waals surface area contributed by atoms with E-state index >= 15 is 0 Å². The van der Waals surface area contributed by atoms with Gasteiger partial charge in [0.1, 0.15) is 0 Å². The molecule has 0 bridgehead atoms. The largest absolute Gasteiger partial charge is 0.393 e. The lowest BCUT2D eigenvalue weighted by atomic mass is 9.60. The van der Waals surface area contributed by atoms with Crippen molar-refractivity contribution < 1.29 is 10.2 Å². The van der Waals surface area contributed by atoms with Crippen molar-refractivity contribution in [3.05, 3.63) is 34.4 Å². The molecule has 0 amide bonds. The molecule has 30 heavy (non-hydrogen) atoms. The number of rotatable bonds is 6. The van der Waals surface area contributed by atoms with Crippen molar-refractivity contribution in [2.75, 3.05) is 0 Å². The molecule has 0 saturated heterocycles. The molecule has 0 aromatic carbocycles. The highest BCUT2D eigenvalue weighted by molar-refractivity contribution is 6.26. The van der Waals surface area contributed by atoms with Gasteiger partial charge in [-0.1, -0.05) is 76.3 Å². The minimum atomic E-state index is -0.657. The molecule has 3 fully saturated rings. The molecule has 0 heterocycles. The van der Waals surface area contributed by atoms with Gasteiger partial charge in [0.2, 0.25) is 0 Å². The lowest BCUT2D eigenvalue weighted by Gasteiger charge is -2.44. The van der Waals surface area contributed by atoms with Gasteiger partial charge in [-0.3, -0.25) is 0 Å². The number of hydrogen-bond donors (Lipinski definition) is 2. The smallest absolute Gasteiger partial charge is 0.0825 e. The van der Waals surface area contributed by atoms with Gasteiger partial charge >= 0.3 is 0 Å². The van der Waals surface area contributed by atoms with E-state index in [-0.39, 0.29) is 0 Å². The first-order chi connectivity index (χ1) is 14.3. The molecule has 3 aliphatic rings. The van der Waals surface area contributed by atoms with Crippen molar-refractivity contribution in [2.45, 2.75) is 104 Å². The fraction of sp³-hybridized carbons (Fsp3) is 0.778. The van der Waals surface area contributed by atoms with Gasteiger partial charge in [0.15, 0.2) is 0 Å². The molecule has 0 aromatic heterocycles. The van der Waals surface area contributed by atoms with Crippen molar-refractivity contribution in [3.8, 4) is 0 Å². The van der Waals surface area contributed by atoms with Gasteiger partial charge in [-0.2, -0.15) is 0 Å². The van der Waals surface area contributed by atoms with Crippen molar-refractivity contribution in [2.24, 2.45) is 29.1 Å². The van der Waals surface area contributed by atoms with E-state index < -0.39 is 12.2 Å². The fourth-order valence-electron chi connectivity index (χ4n) is 6.83. The summed E-state index contributed by atoms with van der Waals surface area (Å²) in [5.74, 6) is 3.14. The van der Waals surface area contributed by atoms with E-state index in [0.29, 0.717) is 24.2 Å². The Morgan fingerprint density at radius 2 is 1.90 bits per heavy atom. The highest BCUT2D eigenvalue weighted by atomic mass is 35.5. The average molecular weight is 435 g/mol. The van der Waals surface area contributed by atoms with Crippen LogP contribution in [0.25, 0.3) is 0 Å². The van der Waals surface area contributed by atoms with Gasteiger partial charge < -0.3 is 10.2 Å². The van der Waals surface area contributed by atoms with Crippen LogP contribution in [0, 0.1) is 29.1 Å². The van der Waals surface area contributed by atoms with E-state index in [4.69, 9.17) is 11.6 Å². The summed E-state index contributed by atoms with van der Waals surface area (Å²) in [6.07, 6.45) is 14.9. The molecule has 0 radical (unpaired) electrons. The summed E-state index contributed by atoms with van der Waals surface area (Å²) in [7, 11) is 0. The van der Waals surface area contributed by atoms with Crippen LogP contribution in [0.15, 0.2) is 34.4 Å². The maximum atomic E-state index is 10.3. The van der Waals surface area contributed by atoms with Crippen LogP contribution in [0.5, 0.6) is 0 Å². The van der Waals surface area contributed by atoms with Crippen molar-refractivity contribution in [1.29, 1.82) is 0 Å². The van der Waals surface area contributed by atoms with E-state index in [1.165, 1.54) is 56.9 Å². The Kier molecular flexibility index (Phi) is 8.32. The number of halogens is 1. The molecule has 3 rings (SSSR count). The Hall–Kier alpha value is -0.570. The monoisotopic (exact) mass is 434 g/mol. The summed E-state index contributed by atoms with van der Waals surface area (Å²) < 4.78 is 0. The van der Waals surface area contributed by atoms with Crippen molar-refractivity contribution in [3.63, 3.8) is 0 Å². The van der Waals surface area contributed by atoms with Crippen LogP contribution in [0.3, 0.4) is 0 Å². The Morgan fingerprint density at radius 1 is 1.13 bits per heavy atom. The zero-order chi connectivity index (χ0) is 21.9. The molecule has 0 aliphatic heterocycles. The minimum Gasteiger partial charge on any atom is -0.393 e. The maximum Gasteiger partial charge on any atom is 0.0825 e. The molecular weight excluding hydrogens is 392 g/mol. The third kappa shape index (κ3) is 5.25. The fourth-order valence-corrected chi connectivity index (χ4v) is 7.12. The average Bonchev–Trinajstić information content (AvgIpc) is 3.03.